The van der Waals surface area contributed by atoms with Crippen molar-refractivity contribution in [3.05, 3.63) is 54.0 Å². The molecule has 1 aliphatic rings. The van der Waals surface area contributed by atoms with Gasteiger partial charge in [0.15, 0.2) is 0 Å². The van der Waals surface area contributed by atoms with Gasteiger partial charge in [-0.2, -0.15) is 0 Å². The number of hydrogen-bond acceptors (Lipinski definition) is 4. The number of hydrogen-bond donors (Lipinski definition) is 4. The maximum absolute atomic E-state index is 12.4. The number of benzene rings is 1. The van der Waals surface area contributed by atoms with Crippen LogP contribution in [0.1, 0.15) is 43.2 Å². The number of furan rings is 1. The fourth-order valence-electron chi connectivity index (χ4n) is 3.46. The Bertz CT molecular complexity index is 770. The minimum atomic E-state index is -0.609. The molecular weight excluding hydrogens is 358 g/mol. The third-order valence-electron chi connectivity index (χ3n) is 4.93. The predicted octanol–water partition coefficient (Wildman–Crippen LogP) is 2.97. The Morgan fingerprint density at radius 1 is 1.18 bits per heavy atom. The number of carbonyl (C=O) groups excluding carboxylic acids is 2. The Balaban J connectivity index is 1.53. The van der Waals surface area contributed by atoms with Gasteiger partial charge in [-0.15, -0.1) is 0 Å². The standard InChI is InChI=1S/C20H27N5O3/c1-14(15-6-8-16(9-7-15)24-19(21)26)23-20(27)22-13-17(18-5-4-12-28-18)25-10-2-3-11-25/h4-9,12,14,17H,2-3,10-11,13H2,1H3,(H3,21,24,26)(H2,22,23,27)/t14-,17+/m0/s1. The van der Waals surface area contributed by atoms with Crippen molar-refractivity contribution in [2.75, 3.05) is 25.0 Å². The fraction of sp³-hybridized carbons (Fsp3) is 0.400. The summed E-state index contributed by atoms with van der Waals surface area (Å²) in [5.74, 6) is 0.868. The molecule has 8 heteroatoms. The summed E-state index contributed by atoms with van der Waals surface area (Å²) in [4.78, 5) is 25.6. The highest BCUT2D eigenvalue weighted by Gasteiger charge is 2.26. The third-order valence-corrected chi connectivity index (χ3v) is 4.93. The van der Waals surface area contributed by atoms with Crippen LogP contribution < -0.4 is 21.7 Å². The molecule has 1 aromatic carbocycles. The van der Waals surface area contributed by atoms with Crippen LogP contribution in [-0.2, 0) is 0 Å². The van der Waals surface area contributed by atoms with Gasteiger partial charge in [0.2, 0.25) is 0 Å². The number of nitrogens with zero attached hydrogens (tertiary/aromatic N) is 1. The van der Waals surface area contributed by atoms with Crippen LogP contribution in [-0.4, -0.2) is 36.6 Å². The van der Waals surface area contributed by atoms with E-state index >= 15 is 0 Å². The second-order valence-electron chi connectivity index (χ2n) is 6.96. The van der Waals surface area contributed by atoms with Crippen LogP contribution in [0, 0.1) is 0 Å². The molecule has 1 aliphatic heterocycles. The van der Waals surface area contributed by atoms with Crippen LogP contribution in [0.5, 0.6) is 0 Å². The summed E-state index contributed by atoms with van der Waals surface area (Å²) in [6.45, 7) is 4.40. The molecule has 4 amide bonds. The van der Waals surface area contributed by atoms with Crippen molar-refractivity contribution < 1.29 is 14.0 Å². The van der Waals surface area contributed by atoms with Crippen molar-refractivity contribution >= 4 is 17.7 Å². The normalized spacial score (nSPS) is 16.3. The van der Waals surface area contributed by atoms with Crippen molar-refractivity contribution in [3.8, 4) is 0 Å². The molecule has 2 heterocycles. The van der Waals surface area contributed by atoms with Gasteiger partial charge < -0.3 is 26.1 Å². The molecule has 150 valence electrons. The zero-order chi connectivity index (χ0) is 19.9. The molecule has 0 bridgehead atoms. The molecule has 1 aromatic heterocycles. The van der Waals surface area contributed by atoms with E-state index in [0.717, 1.165) is 24.4 Å². The highest BCUT2D eigenvalue weighted by molar-refractivity contribution is 5.87. The highest BCUT2D eigenvalue weighted by Crippen LogP contribution is 2.25. The fourth-order valence-corrected chi connectivity index (χ4v) is 3.46. The monoisotopic (exact) mass is 385 g/mol. The maximum atomic E-state index is 12.4. The first-order chi connectivity index (χ1) is 13.5. The van der Waals surface area contributed by atoms with E-state index < -0.39 is 6.03 Å². The Kier molecular flexibility index (Phi) is 6.54. The molecule has 0 unspecified atom stereocenters. The van der Waals surface area contributed by atoms with Crippen molar-refractivity contribution in [1.29, 1.82) is 0 Å². The number of carbonyl (C=O) groups is 2. The van der Waals surface area contributed by atoms with Gasteiger partial charge in [0.25, 0.3) is 0 Å². The molecule has 2 atom stereocenters. The van der Waals surface area contributed by atoms with E-state index in [-0.39, 0.29) is 18.1 Å². The number of amides is 4. The molecule has 1 fully saturated rings. The Morgan fingerprint density at radius 2 is 1.89 bits per heavy atom. The number of anilines is 1. The summed E-state index contributed by atoms with van der Waals surface area (Å²) < 4.78 is 5.58. The second-order valence-corrected chi connectivity index (χ2v) is 6.96. The van der Waals surface area contributed by atoms with Crippen LogP contribution in [0.15, 0.2) is 47.1 Å². The maximum Gasteiger partial charge on any atom is 0.316 e. The molecule has 1 saturated heterocycles. The quantitative estimate of drug-likeness (QED) is 0.587. The van der Waals surface area contributed by atoms with E-state index in [0.29, 0.717) is 12.2 Å². The molecule has 5 N–H and O–H groups in total. The molecule has 0 spiro atoms. The smallest absolute Gasteiger partial charge is 0.316 e. The topological polar surface area (TPSA) is 113 Å². The van der Waals surface area contributed by atoms with Crippen LogP contribution in [0.3, 0.4) is 0 Å². The van der Waals surface area contributed by atoms with E-state index in [1.807, 2.05) is 31.2 Å². The number of nitrogens with two attached hydrogens (primary N) is 1. The van der Waals surface area contributed by atoms with Crippen molar-refractivity contribution in [3.63, 3.8) is 0 Å². The lowest BCUT2D eigenvalue weighted by molar-refractivity contribution is 0.202. The van der Waals surface area contributed by atoms with Crippen LogP contribution in [0.25, 0.3) is 0 Å². The lowest BCUT2D eigenvalue weighted by Crippen LogP contribution is -2.42. The third kappa shape index (κ3) is 5.26. The molecule has 28 heavy (non-hydrogen) atoms. The molecule has 3 rings (SSSR count). The van der Waals surface area contributed by atoms with Gasteiger partial charge in [-0.3, -0.25) is 4.90 Å². The van der Waals surface area contributed by atoms with Gasteiger partial charge in [-0.25, -0.2) is 9.59 Å². The first-order valence-electron chi connectivity index (χ1n) is 9.51. The van der Waals surface area contributed by atoms with E-state index in [9.17, 15) is 9.59 Å². The van der Waals surface area contributed by atoms with Gasteiger partial charge in [-0.1, -0.05) is 12.1 Å². The number of nitrogens with one attached hydrogen (secondary N) is 3. The summed E-state index contributed by atoms with van der Waals surface area (Å²) in [6.07, 6.45) is 4.00. The SMILES string of the molecule is C[C@H](NC(=O)NC[C@H](c1ccco1)N1CCCC1)c1ccc(NC(N)=O)cc1. The largest absolute Gasteiger partial charge is 0.468 e. The number of rotatable bonds is 7. The lowest BCUT2D eigenvalue weighted by atomic mass is 10.1. The van der Waals surface area contributed by atoms with E-state index in [2.05, 4.69) is 20.9 Å². The Morgan fingerprint density at radius 3 is 2.50 bits per heavy atom. The van der Waals surface area contributed by atoms with Crippen molar-refractivity contribution in [2.24, 2.45) is 5.73 Å². The van der Waals surface area contributed by atoms with Gasteiger partial charge in [0, 0.05) is 12.2 Å². The molecule has 8 nitrogen and oxygen atoms in total. The minimum absolute atomic E-state index is 0.0395. The average Bonchev–Trinajstić information content (AvgIpc) is 3.36. The second kappa shape index (κ2) is 9.27. The summed E-state index contributed by atoms with van der Waals surface area (Å²) in [5, 5.41) is 8.41. The summed E-state index contributed by atoms with van der Waals surface area (Å²) in [6, 6.07) is 10.0. The first kappa shape index (κ1) is 19.8. The van der Waals surface area contributed by atoms with Gasteiger partial charge >= 0.3 is 12.1 Å². The van der Waals surface area contributed by atoms with E-state index in [1.165, 1.54) is 12.8 Å². The molecular formula is C20H27N5O3. The van der Waals surface area contributed by atoms with Crippen LogP contribution in [0.4, 0.5) is 15.3 Å². The van der Waals surface area contributed by atoms with Gasteiger partial charge in [0.05, 0.1) is 18.3 Å². The number of likely N-dealkylation sites (tertiary alicyclic amines) is 1. The molecule has 0 aliphatic carbocycles. The zero-order valence-corrected chi connectivity index (χ0v) is 16.0. The zero-order valence-electron chi connectivity index (χ0n) is 16.0. The van der Waals surface area contributed by atoms with Crippen molar-refractivity contribution in [2.45, 2.75) is 31.8 Å². The predicted molar refractivity (Wildman–Crippen MR) is 107 cm³/mol. The minimum Gasteiger partial charge on any atom is -0.468 e. The van der Waals surface area contributed by atoms with Gasteiger partial charge in [0.1, 0.15) is 5.76 Å². The Labute approximate surface area is 164 Å². The van der Waals surface area contributed by atoms with Crippen molar-refractivity contribution in [1.82, 2.24) is 15.5 Å². The average molecular weight is 385 g/mol. The van der Waals surface area contributed by atoms with Crippen LogP contribution in [0.2, 0.25) is 0 Å². The van der Waals surface area contributed by atoms with Gasteiger partial charge in [-0.05, 0) is 62.7 Å². The Hall–Kier alpha value is -3.00. The van der Waals surface area contributed by atoms with Crippen LogP contribution >= 0.6 is 0 Å². The summed E-state index contributed by atoms with van der Waals surface area (Å²) >= 11 is 0. The number of primary amides is 1. The van der Waals surface area contributed by atoms with E-state index in [1.54, 1.807) is 18.4 Å². The molecule has 2 aromatic rings. The lowest BCUT2D eigenvalue weighted by Gasteiger charge is -2.26. The molecule has 0 radical (unpaired) electrons. The summed E-state index contributed by atoms with van der Waals surface area (Å²) in [7, 11) is 0. The first-order valence-corrected chi connectivity index (χ1v) is 9.51. The molecule has 0 saturated carbocycles. The number of urea groups is 2. The summed E-state index contributed by atoms with van der Waals surface area (Å²) in [5.41, 5.74) is 6.64. The van der Waals surface area contributed by atoms with E-state index in [4.69, 9.17) is 10.2 Å². The highest BCUT2D eigenvalue weighted by atomic mass is 16.3.